The van der Waals surface area contributed by atoms with Crippen molar-refractivity contribution < 1.29 is 9.90 Å². The van der Waals surface area contributed by atoms with Crippen molar-refractivity contribution in [1.29, 1.82) is 0 Å². The molecule has 0 aromatic heterocycles. The Balaban J connectivity index is 3.28. The van der Waals surface area contributed by atoms with Crippen LogP contribution in [0.5, 0.6) is 5.75 Å². The van der Waals surface area contributed by atoms with E-state index in [1.807, 2.05) is 0 Å². The molecular formula is C9H8Cl2O2. The van der Waals surface area contributed by atoms with E-state index >= 15 is 0 Å². The van der Waals surface area contributed by atoms with Crippen molar-refractivity contribution in [3.05, 3.63) is 28.8 Å². The molecular weight excluding hydrogens is 211 g/mol. The highest BCUT2D eigenvalue weighted by atomic mass is 35.5. The van der Waals surface area contributed by atoms with Gasteiger partial charge in [-0.05, 0) is 17.7 Å². The van der Waals surface area contributed by atoms with Gasteiger partial charge < -0.3 is 5.11 Å². The monoisotopic (exact) mass is 218 g/mol. The quantitative estimate of drug-likeness (QED) is 0.626. The van der Waals surface area contributed by atoms with Crippen LogP contribution < -0.4 is 0 Å². The summed E-state index contributed by atoms with van der Waals surface area (Å²) in [4.78, 5) is 10.5. The van der Waals surface area contributed by atoms with E-state index in [1.165, 1.54) is 0 Å². The van der Waals surface area contributed by atoms with E-state index in [4.69, 9.17) is 23.2 Å². The molecule has 0 amide bonds. The van der Waals surface area contributed by atoms with Crippen molar-refractivity contribution in [2.75, 3.05) is 0 Å². The van der Waals surface area contributed by atoms with Crippen LogP contribution in [0.1, 0.15) is 21.5 Å². The third-order valence-electron chi connectivity index (χ3n) is 1.70. The first-order valence-corrected chi connectivity index (χ1v) is 4.71. The van der Waals surface area contributed by atoms with Crippen molar-refractivity contribution in [3.8, 4) is 5.75 Å². The Morgan fingerprint density at radius 1 is 1.31 bits per heavy atom. The van der Waals surface area contributed by atoms with Gasteiger partial charge in [0, 0.05) is 11.4 Å². The van der Waals surface area contributed by atoms with Gasteiger partial charge in [0.25, 0.3) is 0 Å². The summed E-state index contributed by atoms with van der Waals surface area (Å²) < 4.78 is 0. The van der Waals surface area contributed by atoms with Crippen molar-refractivity contribution in [1.82, 2.24) is 0 Å². The highest BCUT2D eigenvalue weighted by Crippen LogP contribution is 2.25. The Hall–Kier alpha value is -0.730. The normalized spacial score (nSPS) is 10.0. The summed E-state index contributed by atoms with van der Waals surface area (Å²) in [5.74, 6) is 0.404. The van der Waals surface area contributed by atoms with Crippen LogP contribution in [0.2, 0.25) is 0 Å². The number of hydrogen-bond donors (Lipinski definition) is 1. The van der Waals surface area contributed by atoms with E-state index in [0.29, 0.717) is 17.7 Å². The molecule has 2 nitrogen and oxygen atoms in total. The summed E-state index contributed by atoms with van der Waals surface area (Å²) >= 11 is 11.2. The number of phenols is 1. The molecule has 4 heteroatoms. The second-order valence-corrected chi connectivity index (χ2v) is 3.11. The molecule has 0 aliphatic rings. The Morgan fingerprint density at radius 3 is 2.46 bits per heavy atom. The minimum Gasteiger partial charge on any atom is -0.507 e. The van der Waals surface area contributed by atoms with Gasteiger partial charge in [-0.2, -0.15) is 0 Å². The highest BCUT2D eigenvalue weighted by Gasteiger charge is 2.07. The van der Waals surface area contributed by atoms with Crippen molar-refractivity contribution >= 4 is 29.5 Å². The number of carbonyl (C=O) groups is 1. The van der Waals surface area contributed by atoms with Gasteiger partial charge >= 0.3 is 0 Å². The maximum Gasteiger partial charge on any atom is 0.153 e. The maximum absolute atomic E-state index is 10.5. The predicted octanol–water partition coefficient (Wildman–Crippen LogP) is 2.68. The molecule has 0 fully saturated rings. The van der Waals surface area contributed by atoms with Gasteiger partial charge in [-0.25, -0.2) is 0 Å². The first-order chi connectivity index (χ1) is 6.22. The molecule has 0 saturated carbocycles. The fraction of sp³-hybridized carbons (Fsp3) is 0.222. The molecule has 1 aromatic carbocycles. The lowest BCUT2D eigenvalue weighted by Gasteiger charge is -2.05. The predicted molar refractivity (Wildman–Crippen MR) is 52.6 cm³/mol. The average Bonchev–Trinajstić information content (AvgIpc) is 2.18. The Labute approximate surface area is 86.1 Å². The SMILES string of the molecule is O=Cc1cc(CCl)cc(CCl)c1O. The van der Waals surface area contributed by atoms with Crippen LogP contribution in [-0.4, -0.2) is 11.4 Å². The first kappa shape index (κ1) is 10.4. The number of alkyl halides is 2. The number of rotatable bonds is 3. The lowest BCUT2D eigenvalue weighted by atomic mass is 10.1. The number of benzene rings is 1. The van der Waals surface area contributed by atoms with Gasteiger partial charge in [0.15, 0.2) is 6.29 Å². The number of aldehydes is 1. The Kier molecular flexibility index (Phi) is 3.58. The van der Waals surface area contributed by atoms with Gasteiger partial charge in [-0.3, -0.25) is 4.79 Å². The van der Waals surface area contributed by atoms with Gasteiger partial charge in [0.2, 0.25) is 0 Å². The zero-order chi connectivity index (χ0) is 9.84. The Morgan fingerprint density at radius 2 is 2.00 bits per heavy atom. The van der Waals surface area contributed by atoms with E-state index in [1.54, 1.807) is 12.1 Å². The zero-order valence-corrected chi connectivity index (χ0v) is 8.27. The third-order valence-corrected chi connectivity index (χ3v) is 2.30. The molecule has 13 heavy (non-hydrogen) atoms. The third kappa shape index (κ3) is 2.14. The number of aromatic hydroxyl groups is 1. The van der Waals surface area contributed by atoms with Crippen molar-refractivity contribution in [2.45, 2.75) is 11.8 Å². The molecule has 0 saturated heterocycles. The van der Waals surface area contributed by atoms with Crippen LogP contribution in [-0.2, 0) is 11.8 Å². The van der Waals surface area contributed by atoms with Gasteiger partial charge in [-0.1, -0.05) is 0 Å². The van der Waals surface area contributed by atoms with E-state index in [2.05, 4.69) is 0 Å². The topological polar surface area (TPSA) is 37.3 Å². The van der Waals surface area contributed by atoms with Crippen LogP contribution in [0.4, 0.5) is 0 Å². The summed E-state index contributed by atoms with van der Waals surface area (Å²) in [5, 5.41) is 9.45. The zero-order valence-electron chi connectivity index (χ0n) is 6.76. The van der Waals surface area contributed by atoms with E-state index in [-0.39, 0.29) is 17.2 Å². The summed E-state index contributed by atoms with van der Waals surface area (Å²) in [6, 6.07) is 3.23. The molecule has 0 bridgehead atoms. The second-order valence-electron chi connectivity index (χ2n) is 2.58. The van der Waals surface area contributed by atoms with Crippen molar-refractivity contribution in [2.24, 2.45) is 0 Å². The number of hydrogen-bond acceptors (Lipinski definition) is 2. The molecule has 0 atom stereocenters. The number of carbonyl (C=O) groups excluding carboxylic acids is 1. The lowest BCUT2D eigenvalue weighted by molar-refractivity contribution is 0.112. The lowest BCUT2D eigenvalue weighted by Crippen LogP contribution is -1.91. The standard InChI is InChI=1S/C9H8Cl2O2/c10-3-6-1-7(4-11)9(13)8(2-6)5-12/h1-2,5,13H,3-4H2. The van der Waals surface area contributed by atoms with Crippen LogP contribution in [0.25, 0.3) is 0 Å². The van der Waals surface area contributed by atoms with E-state index in [9.17, 15) is 9.90 Å². The first-order valence-electron chi connectivity index (χ1n) is 3.64. The molecule has 0 aliphatic carbocycles. The minimum absolute atomic E-state index is 0.0566. The average molecular weight is 219 g/mol. The molecule has 1 N–H and O–H groups in total. The van der Waals surface area contributed by atoms with E-state index in [0.717, 1.165) is 5.56 Å². The maximum atomic E-state index is 10.5. The highest BCUT2D eigenvalue weighted by molar-refractivity contribution is 6.18. The summed E-state index contributed by atoms with van der Waals surface area (Å²) in [6.45, 7) is 0. The molecule has 0 spiro atoms. The fourth-order valence-corrected chi connectivity index (χ4v) is 1.41. The summed E-state index contributed by atoms with van der Waals surface area (Å²) in [6.07, 6.45) is 0.585. The van der Waals surface area contributed by atoms with Gasteiger partial charge in [0.05, 0.1) is 11.4 Å². The van der Waals surface area contributed by atoms with Crippen LogP contribution in [0.3, 0.4) is 0 Å². The van der Waals surface area contributed by atoms with Crippen LogP contribution >= 0.6 is 23.2 Å². The number of phenolic OH excluding ortho intramolecular Hbond substituents is 1. The summed E-state index contributed by atoms with van der Waals surface area (Å²) in [5.41, 5.74) is 1.54. The fourth-order valence-electron chi connectivity index (χ4n) is 1.06. The molecule has 1 rings (SSSR count). The van der Waals surface area contributed by atoms with Crippen LogP contribution in [0, 0.1) is 0 Å². The second kappa shape index (κ2) is 4.49. The summed E-state index contributed by atoms with van der Waals surface area (Å²) in [7, 11) is 0. The molecule has 0 unspecified atom stereocenters. The smallest absolute Gasteiger partial charge is 0.153 e. The van der Waals surface area contributed by atoms with E-state index < -0.39 is 0 Å². The number of halogens is 2. The molecule has 0 heterocycles. The molecule has 1 aromatic rings. The largest absolute Gasteiger partial charge is 0.507 e. The molecule has 70 valence electrons. The molecule has 0 aliphatic heterocycles. The Bertz CT molecular complexity index is 324. The van der Waals surface area contributed by atoms with Crippen LogP contribution in [0.15, 0.2) is 12.1 Å². The molecule has 0 radical (unpaired) electrons. The minimum atomic E-state index is -0.0566. The van der Waals surface area contributed by atoms with Gasteiger partial charge in [0.1, 0.15) is 5.75 Å². The van der Waals surface area contributed by atoms with Crippen molar-refractivity contribution in [3.63, 3.8) is 0 Å². The van der Waals surface area contributed by atoms with Gasteiger partial charge in [-0.15, -0.1) is 23.2 Å².